The van der Waals surface area contributed by atoms with Crippen molar-refractivity contribution in [1.29, 1.82) is 0 Å². The molecule has 1 atom stereocenters. The Kier molecular flexibility index (Phi) is 3.92. The molecule has 0 saturated heterocycles. The van der Waals surface area contributed by atoms with E-state index in [0.29, 0.717) is 6.54 Å². The molecule has 0 saturated carbocycles. The summed E-state index contributed by atoms with van der Waals surface area (Å²) in [6.45, 7) is 4.77. The minimum Gasteiger partial charge on any atom is -0.454 e. The monoisotopic (exact) mass is 250 g/mol. The van der Waals surface area contributed by atoms with Gasteiger partial charge in [0.05, 0.1) is 0 Å². The smallest absolute Gasteiger partial charge is 0.314 e. The Labute approximate surface area is 106 Å². The van der Waals surface area contributed by atoms with E-state index in [9.17, 15) is 4.79 Å². The fourth-order valence-electron chi connectivity index (χ4n) is 1.91. The molecular weight excluding hydrogens is 232 g/mol. The Hall–Kier alpha value is -1.91. The van der Waals surface area contributed by atoms with E-state index >= 15 is 0 Å². The maximum absolute atomic E-state index is 11.4. The van der Waals surface area contributed by atoms with Crippen molar-refractivity contribution in [2.75, 3.05) is 13.3 Å². The molecule has 2 amide bonds. The van der Waals surface area contributed by atoms with Gasteiger partial charge in [-0.15, -0.1) is 0 Å². The molecule has 5 heteroatoms. The van der Waals surface area contributed by atoms with Gasteiger partial charge in [0, 0.05) is 12.6 Å². The van der Waals surface area contributed by atoms with Gasteiger partial charge in [0.2, 0.25) is 6.79 Å². The van der Waals surface area contributed by atoms with Crippen LogP contribution in [0.25, 0.3) is 0 Å². The van der Waals surface area contributed by atoms with Crippen molar-refractivity contribution >= 4 is 6.03 Å². The van der Waals surface area contributed by atoms with E-state index in [1.807, 2.05) is 32.0 Å². The van der Waals surface area contributed by atoms with Crippen molar-refractivity contribution in [3.05, 3.63) is 23.8 Å². The highest BCUT2D eigenvalue weighted by Crippen LogP contribution is 2.32. The molecule has 18 heavy (non-hydrogen) atoms. The molecule has 0 aromatic heterocycles. The molecule has 1 aromatic carbocycles. The lowest BCUT2D eigenvalue weighted by atomic mass is 10.1. The van der Waals surface area contributed by atoms with E-state index in [-0.39, 0.29) is 18.9 Å². The van der Waals surface area contributed by atoms with Crippen LogP contribution in [0.4, 0.5) is 4.79 Å². The van der Waals surface area contributed by atoms with E-state index in [1.54, 1.807) is 0 Å². The number of nitrogens with one attached hydrogen (secondary N) is 2. The van der Waals surface area contributed by atoms with Gasteiger partial charge in [0.25, 0.3) is 0 Å². The van der Waals surface area contributed by atoms with Crippen molar-refractivity contribution < 1.29 is 14.3 Å². The number of rotatable bonds is 4. The number of amides is 2. The molecule has 0 spiro atoms. The first-order chi connectivity index (χ1) is 8.69. The third kappa shape index (κ3) is 3.06. The van der Waals surface area contributed by atoms with Crippen molar-refractivity contribution in [2.24, 2.45) is 0 Å². The molecule has 1 heterocycles. The number of hydrogen-bond acceptors (Lipinski definition) is 3. The summed E-state index contributed by atoms with van der Waals surface area (Å²) in [4.78, 5) is 11.4. The summed E-state index contributed by atoms with van der Waals surface area (Å²) in [5, 5.41) is 5.58. The minimum absolute atomic E-state index is 0.0666. The second-order valence-electron chi connectivity index (χ2n) is 4.30. The van der Waals surface area contributed by atoms with Crippen LogP contribution in [0, 0.1) is 0 Å². The van der Waals surface area contributed by atoms with Crippen molar-refractivity contribution in [1.82, 2.24) is 10.6 Å². The molecule has 0 radical (unpaired) electrons. The van der Waals surface area contributed by atoms with E-state index in [4.69, 9.17) is 9.47 Å². The summed E-state index contributed by atoms with van der Waals surface area (Å²) in [5.74, 6) is 1.56. The third-order valence-electron chi connectivity index (χ3n) is 2.69. The molecule has 1 aromatic rings. The average molecular weight is 250 g/mol. The quantitative estimate of drug-likeness (QED) is 0.854. The van der Waals surface area contributed by atoms with Crippen LogP contribution in [0.3, 0.4) is 0 Å². The number of carbonyl (C=O) groups is 1. The summed E-state index contributed by atoms with van der Waals surface area (Å²) >= 11 is 0. The summed E-state index contributed by atoms with van der Waals surface area (Å²) in [7, 11) is 0. The predicted molar refractivity (Wildman–Crippen MR) is 67.9 cm³/mol. The van der Waals surface area contributed by atoms with Crippen LogP contribution in [-0.2, 0) is 6.42 Å². The highest BCUT2D eigenvalue weighted by Gasteiger charge is 2.14. The zero-order valence-corrected chi connectivity index (χ0v) is 10.7. The van der Waals surface area contributed by atoms with E-state index in [2.05, 4.69) is 10.6 Å². The standard InChI is InChI=1S/C13H18N2O3/c1-3-14-13(16)15-9(2)6-10-4-5-11-12(7-10)18-8-17-11/h4-5,7,9H,3,6,8H2,1-2H3,(H2,14,15,16). The Balaban J connectivity index is 1.91. The molecular formula is C13H18N2O3. The van der Waals surface area contributed by atoms with Crippen molar-refractivity contribution in [3.8, 4) is 11.5 Å². The number of hydrogen-bond donors (Lipinski definition) is 2. The summed E-state index contributed by atoms with van der Waals surface area (Å²) in [5.41, 5.74) is 1.11. The largest absolute Gasteiger partial charge is 0.454 e. The molecule has 2 rings (SSSR count). The number of carbonyl (C=O) groups excluding carboxylic acids is 1. The molecule has 1 aliphatic rings. The van der Waals surface area contributed by atoms with Crippen molar-refractivity contribution in [2.45, 2.75) is 26.3 Å². The number of benzene rings is 1. The zero-order chi connectivity index (χ0) is 13.0. The van der Waals surface area contributed by atoms with Crippen LogP contribution in [0.15, 0.2) is 18.2 Å². The van der Waals surface area contributed by atoms with Gasteiger partial charge in [-0.1, -0.05) is 6.07 Å². The minimum atomic E-state index is -0.134. The Bertz CT molecular complexity index is 434. The maximum Gasteiger partial charge on any atom is 0.314 e. The van der Waals surface area contributed by atoms with E-state index < -0.39 is 0 Å². The molecule has 0 fully saturated rings. The van der Waals surface area contributed by atoms with Crippen LogP contribution in [0.1, 0.15) is 19.4 Å². The second-order valence-corrected chi connectivity index (χ2v) is 4.30. The summed E-state index contributed by atoms with van der Waals surface area (Å²) in [6.07, 6.45) is 0.758. The van der Waals surface area contributed by atoms with Crippen LogP contribution >= 0.6 is 0 Å². The lowest BCUT2D eigenvalue weighted by Crippen LogP contribution is -2.41. The first-order valence-corrected chi connectivity index (χ1v) is 6.12. The fourth-order valence-corrected chi connectivity index (χ4v) is 1.91. The lowest BCUT2D eigenvalue weighted by molar-refractivity contribution is 0.174. The van der Waals surface area contributed by atoms with E-state index in [1.165, 1.54) is 0 Å². The Morgan fingerprint density at radius 3 is 2.94 bits per heavy atom. The lowest BCUT2D eigenvalue weighted by Gasteiger charge is -2.14. The van der Waals surface area contributed by atoms with Gasteiger partial charge in [-0.3, -0.25) is 0 Å². The summed E-state index contributed by atoms with van der Waals surface area (Å²) in [6, 6.07) is 5.78. The Morgan fingerprint density at radius 2 is 2.17 bits per heavy atom. The highest BCUT2D eigenvalue weighted by atomic mass is 16.7. The number of fused-ring (bicyclic) bond motifs is 1. The maximum atomic E-state index is 11.4. The van der Waals surface area contributed by atoms with Gasteiger partial charge in [0.15, 0.2) is 11.5 Å². The first kappa shape index (κ1) is 12.5. The Morgan fingerprint density at radius 1 is 1.39 bits per heavy atom. The van der Waals surface area contributed by atoms with Gasteiger partial charge in [-0.05, 0) is 38.0 Å². The van der Waals surface area contributed by atoms with Crippen LogP contribution < -0.4 is 20.1 Å². The van der Waals surface area contributed by atoms with Gasteiger partial charge in [0.1, 0.15) is 0 Å². The molecule has 5 nitrogen and oxygen atoms in total. The average Bonchev–Trinajstić information content (AvgIpc) is 2.76. The van der Waals surface area contributed by atoms with Gasteiger partial charge >= 0.3 is 6.03 Å². The molecule has 0 aliphatic carbocycles. The van der Waals surface area contributed by atoms with Gasteiger partial charge in [-0.2, -0.15) is 0 Å². The predicted octanol–water partition coefficient (Wildman–Crippen LogP) is 1.67. The fraction of sp³-hybridized carbons (Fsp3) is 0.462. The molecule has 1 unspecified atom stereocenters. The van der Waals surface area contributed by atoms with Crippen LogP contribution in [0.2, 0.25) is 0 Å². The summed E-state index contributed by atoms with van der Waals surface area (Å²) < 4.78 is 10.6. The molecule has 1 aliphatic heterocycles. The SMILES string of the molecule is CCNC(=O)NC(C)Cc1ccc2c(c1)OCO2. The first-order valence-electron chi connectivity index (χ1n) is 6.12. The second kappa shape index (κ2) is 5.62. The van der Waals surface area contributed by atoms with Gasteiger partial charge in [-0.25, -0.2) is 4.79 Å². The van der Waals surface area contributed by atoms with Crippen LogP contribution in [0.5, 0.6) is 11.5 Å². The zero-order valence-electron chi connectivity index (χ0n) is 10.7. The molecule has 98 valence electrons. The topological polar surface area (TPSA) is 59.6 Å². The molecule has 0 bridgehead atoms. The normalized spacial score (nSPS) is 14.1. The number of urea groups is 1. The van der Waals surface area contributed by atoms with E-state index in [0.717, 1.165) is 23.5 Å². The highest BCUT2D eigenvalue weighted by molar-refractivity contribution is 5.74. The van der Waals surface area contributed by atoms with Crippen LogP contribution in [-0.4, -0.2) is 25.4 Å². The van der Waals surface area contributed by atoms with Gasteiger partial charge < -0.3 is 20.1 Å². The third-order valence-corrected chi connectivity index (χ3v) is 2.69. The number of ether oxygens (including phenoxy) is 2. The van der Waals surface area contributed by atoms with Crippen molar-refractivity contribution in [3.63, 3.8) is 0 Å². The molecule has 2 N–H and O–H groups in total.